The summed E-state index contributed by atoms with van der Waals surface area (Å²) in [6.45, 7) is 10.7. The van der Waals surface area contributed by atoms with Gasteiger partial charge in [-0.05, 0) is 31.9 Å². The van der Waals surface area contributed by atoms with E-state index in [0.717, 1.165) is 32.7 Å². The number of aryl methyl sites for hydroxylation is 1. The minimum atomic E-state index is 0.277. The molecule has 0 saturated carbocycles. The predicted octanol–water partition coefficient (Wildman–Crippen LogP) is 3.00. The molecular weight excluding hydrogens is 260 g/mol. The third-order valence-electron chi connectivity index (χ3n) is 4.27. The third kappa shape index (κ3) is 4.43. The molecule has 0 spiro atoms. The maximum absolute atomic E-state index is 12.3. The van der Waals surface area contributed by atoms with Gasteiger partial charge in [-0.25, -0.2) is 0 Å². The van der Waals surface area contributed by atoms with Crippen LogP contribution >= 0.6 is 0 Å². The largest absolute Gasteiger partial charge is 0.337 e. The van der Waals surface area contributed by atoms with Crippen LogP contribution in [0.1, 0.15) is 31.4 Å². The van der Waals surface area contributed by atoms with Gasteiger partial charge in [0.25, 0.3) is 0 Å². The first kappa shape index (κ1) is 15.8. The molecule has 1 fully saturated rings. The maximum atomic E-state index is 12.3. The number of hydrogen-bond donors (Lipinski definition) is 0. The zero-order valence-corrected chi connectivity index (χ0v) is 13.4. The SMILES string of the molecule is C/C=C(\C)CN1CCC(=O)N(Cc2ccccc2C)CC1. The zero-order chi connectivity index (χ0) is 15.2. The van der Waals surface area contributed by atoms with Crippen molar-refractivity contribution in [2.45, 2.75) is 33.7 Å². The van der Waals surface area contributed by atoms with Crippen molar-refractivity contribution in [2.75, 3.05) is 26.2 Å². The van der Waals surface area contributed by atoms with E-state index in [1.807, 2.05) is 17.0 Å². The van der Waals surface area contributed by atoms with Gasteiger partial charge in [0.2, 0.25) is 5.91 Å². The molecule has 2 rings (SSSR count). The molecule has 1 heterocycles. The van der Waals surface area contributed by atoms with Crippen LogP contribution in [0.2, 0.25) is 0 Å². The molecule has 3 nitrogen and oxygen atoms in total. The van der Waals surface area contributed by atoms with Crippen LogP contribution < -0.4 is 0 Å². The van der Waals surface area contributed by atoms with E-state index in [4.69, 9.17) is 0 Å². The van der Waals surface area contributed by atoms with E-state index < -0.39 is 0 Å². The molecule has 0 unspecified atom stereocenters. The number of nitrogens with zero attached hydrogens (tertiary/aromatic N) is 2. The van der Waals surface area contributed by atoms with Gasteiger partial charge in [0.05, 0.1) is 0 Å². The molecule has 1 aliphatic rings. The lowest BCUT2D eigenvalue weighted by atomic mass is 10.1. The highest BCUT2D eigenvalue weighted by Gasteiger charge is 2.21. The van der Waals surface area contributed by atoms with Gasteiger partial charge in [-0.1, -0.05) is 35.9 Å². The minimum Gasteiger partial charge on any atom is -0.337 e. The van der Waals surface area contributed by atoms with Crippen molar-refractivity contribution in [3.63, 3.8) is 0 Å². The lowest BCUT2D eigenvalue weighted by Crippen LogP contribution is -2.33. The monoisotopic (exact) mass is 286 g/mol. The number of amides is 1. The standard InChI is InChI=1S/C18H26N2O/c1-4-15(2)13-19-10-9-18(21)20(12-11-19)14-17-8-6-5-7-16(17)3/h4-8H,9-14H2,1-3H3/b15-4+. The van der Waals surface area contributed by atoms with Gasteiger partial charge in [0.1, 0.15) is 0 Å². The van der Waals surface area contributed by atoms with Crippen LogP contribution in [0.3, 0.4) is 0 Å². The fraction of sp³-hybridized carbons (Fsp3) is 0.500. The number of carbonyl (C=O) groups is 1. The van der Waals surface area contributed by atoms with E-state index in [1.165, 1.54) is 16.7 Å². The number of benzene rings is 1. The molecule has 0 aliphatic carbocycles. The zero-order valence-electron chi connectivity index (χ0n) is 13.4. The Labute approximate surface area is 128 Å². The summed E-state index contributed by atoms with van der Waals surface area (Å²) >= 11 is 0. The lowest BCUT2D eigenvalue weighted by Gasteiger charge is -2.23. The van der Waals surface area contributed by atoms with Crippen molar-refractivity contribution in [3.05, 3.63) is 47.0 Å². The fourth-order valence-electron chi connectivity index (χ4n) is 2.67. The summed E-state index contributed by atoms with van der Waals surface area (Å²) in [7, 11) is 0. The van der Waals surface area contributed by atoms with Crippen LogP contribution in [0.4, 0.5) is 0 Å². The Kier molecular flexibility index (Phi) is 5.57. The van der Waals surface area contributed by atoms with Crippen LogP contribution in [0.5, 0.6) is 0 Å². The Hall–Kier alpha value is -1.61. The second-order valence-corrected chi connectivity index (χ2v) is 5.90. The molecule has 1 aromatic rings. The van der Waals surface area contributed by atoms with Crippen LogP contribution in [-0.2, 0) is 11.3 Å². The Bertz CT molecular complexity index is 522. The summed E-state index contributed by atoms with van der Waals surface area (Å²) in [6.07, 6.45) is 2.78. The molecular formula is C18H26N2O. The van der Waals surface area contributed by atoms with Crippen LogP contribution in [0.15, 0.2) is 35.9 Å². The molecule has 114 valence electrons. The lowest BCUT2D eigenvalue weighted by molar-refractivity contribution is -0.130. The Morgan fingerprint density at radius 1 is 1.24 bits per heavy atom. The quantitative estimate of drug-likeness (QED) is 0.794. The Morgan fingerprint density at radius 3 is 2.71 bits per heavy atom. The number of rotatable bonds is 4. The highest BCUT2D eigenvalue weighted by Crippen LogP contribution is 2.14. The molecule has 3 heteroatoms. The van der Waals surface area contributed by atoms with E-state index >= 15 is 0 Å². The van der Waals surface area contributed by atoms with E-state index in [9.17, 15) is 4.79 Å². The summed E-state index contributed by atoms with van der Waals surface area (Å²) in [5.74, 6) is 0.277. The van der Waals surface area contributed by atoms with Crippen molar-refractivity contribution in [2.24, 2.45) is 0 Å². The van der Waals surface area contributed by atoms with Gasteiger partial charge in [0.15, 0.2) is 0 Å². The highest BCUT2D eigenvalue weighted by molar-refractivity contribution is 5.76. The van der Waals surface area contributed by atoms with Gasteiger partial charge < -0.3 is 4.90 Å². The molecule has 1 aliphatic heterocycles. The van der Waals surface area contributed by atoms with E-state index in [0.29, 0.717) is 6.42 Å². The minimum absolute atomic E-state index is 0.277. The summed E-state index contributed by atoms with van der Waals surface area (Å²) in [4.78, 5) is 16.7. The van der Waals surface area contributed by atoms with Gasteiger partial charge in [0, 0.05) is 39.1 Å². The second kappa shape index (κ2) is 7.41. The van der Waals surface area contributed by atoms with Gasteiger partial charge in [-0.2, -0.15) is 0 Å². The van der Waals surface area contributed by atoms with Crippen LogP contribution in [0.25, 0.3) is 0 Å². The predicted molar refractivity (Wildman–Crippen MR) is 87.1 cm³/mol. The molecule has 0 radical (unpaired) electrons. The average Bonchev–Trinajstić information content (AvgIpc) is 2.65. The normalized spacial score (nSPS) is 18.0. The Morgan fingerprint density at radius 2 is 2.00 bits per heavy atom. The average molecular weight is 286 g/mol. The van der Waals surface area contributed by atoms with E-state index in [2.05, 4.69) is 43.9 Å². The number of hydrogen-bond acceptors (Lipinski definition) is 2. The molecule has 0 aromatic heterocycles. The van der Waals surface area contributed by atoms with Crippen molar-refractivity contribution < 1.29 is 4.79 Å². The fourth-order valence-corrected chi connectivity index (χ4v) is 2.67. The van der Waals surface area contributed by atoms with Gasteiger partial charge >= 0.3 is 0 Å². The molecule has 0 bridgehead atoms. The van der Waals surface area contributed by atoms with E-state index in [-0.39, 0.29) is 5.91 Å². The maximum Gasteiger partial charge on any atom is 0.224 e. The number of carbonyl (C=O) groups excluding carboxylic acids is 1. The summed E-state index contributed by atoms with van der Waals surface area (Å²) in [6, 6.07) is 8.32. The van der Waals surface area contributed by atoms with Crippen molar-refractivity contribution in [1.82, 2.24) is 9.80 Å². The third-order valence-corrected chi connectivity index (χ3v) is 4.27. The van der Waals surface area contributed by atoms with Crippen molar-refractivity contribution in [3.8, 4) is 0 Å². The smallest absolute Gasteiger partial charge is 0.224 e. The second-order valence-electron chi connectivity index (χ2n) is 5.90. The first-order valence-electron chi connectivity index (χ1n) is 7.76. The summed E-state index contributed by atoms with van der Waals surface area (Å²) in [5.41, 5.74) is 3.88. The number of allylic oxidation sites excluding steroid dienone is 1. The highest BCUT2D eigenvalue weighted by atomic mass is 16.2. The van der Waals surface area contributed by atoms with Crippen molar-refractivity contribution >= 4 is 5.91 Å². The van der Waals surface area contributed by atoms with Gasteiger partial charge in [-0.15, -0.1) is 0 Å². The van der Waals surface area contributed by atoms with Crippen LogP contribution in [0, 0.1) is 6.92 Å². The van der Waals surface area contributed by atoms with Gasteiger partial charge in [-0.3, -0.25) is 9.69 Å². The first-order chi connectivity index (χ1) is 10.1. The summed E-state index contributed by atoms with van der Waals surface area (Å²) in [5, 5.41) is 0. The summed E-state index contributed by atoms with van der Waals surface area (Å²) < 4.78 is 0. The van der Waals surface area contributed by atoms with Crippen molar-refractivity contribution in [1.29, 1.82) is 0 Å². The molecule has 1 saturated heterocycles. The topological polar surface area (TPSA) is 23.6 Å². The molecule has 21 heavy (non-hydrogen) atoms. The molecule has 0 atom stereocenters. The Balaban J connectivity index is 1.99. The van der Waals surface area contributed by atoms with Crippen LogP contribution in [-0.4, -0.2) is 41.9 Å². The van der Waals surface area contributed by atoms with E-state index in [1.54, 1.807) is 0 Å². The first-order valence-corrected chi connectivity index (χ1v) is 7.76. The molecule has 0 N–H and O–H groups in total. The molecule has 1 amide bonds. The molecule has 1 aromatic carbocycles.